The van der Waals surface area contributed by atoms with E-state index in [0.29, 0.717) is 44.2 Å². The molecule has 1 saturated heterocycles. The summed E-state index contributed by atoms with van der Waals surface area (Å²) in [5.74, 6) is 0.483. The fraction of sp³-hybridized carbons (Fsp3) is 0.391. The van der Waals surface area contributed by atoms with E-state index >= 15 is 0 Å². The van der Waals surface area contributed by atoms with E-state index in [4.69, 9.17) is 9.47 Å². The largest absolute Gasteiger partial charge is 0.491 e. The number of nitrogens with zero attached hydrogens (tertiary/aromatic N) is 1. The molecule has 2 aromatic carbocycles. The first-order valence-electron chi connectivity index (χ1n) is 10.4. The number of morpholine rings is 1. The van der Waals surface area contributed by atoms with Gasteiger partial charge in [-0.2, -0.15) is 0 Å². The lowest BCUT2D eigenvalue weighted by atomic mass is 10.1. The molecule has 3 rings (SSSR count). The van der Waals surface area contributed by atoms with Crippen molar-refractivity contribution in [1.82, 2.24) is 4.90 Å². The van der Waals surface area contributed by atoms with Gasteiger partial charge in [0.2, 0.25) is 5.91 Å². The maximum atomic E-state index is 12.6. The predicted molar refractivity (Wildman–Crippen MR) is 117 cm³/mol. The van der Waals surface area contributed by atoms with Crippen LogP contribution in [0.15, 0.2) is 48.5 Å². The number of nitrogens with one attached hydrogen (secondary N) is 2. The average Bonchev–Trinajstić information content (AvgIpc) is 2.79. The minimum atomic E-state index is -0.200. The van der Waals surface area contributed by atoms with Gasteiger partial charge in [0.1, 0.15) is 5.75 Å². The van der Waals surface area contributed by atoms with Crippen LogP contribution in [0.2, 0.25) is 0 Å². The second-order valence-corrected chi connectivity index (χ2v) is 7.09. The molecule has 1 heterocycles. The van der Waals surface area contributed by atoms with Crippen molar-refractivity contribution in [2.45, 2.75) is 19.8 Å². The van der Waals surface area contributed by atoms with Crippen LogP contribution < -0.4 is 15.4 Å². The van der Waals surface area contributed by atoms with Gasteiger partial charge in [0.05, 0.1) is 32.1 Å². The summed E-state index contributed by atoms with van der Waals surface area (Å²) in [5.41, 5.74) is 1.92. The topological polar surface area (TPSA) is 79.9 Å². The fourth-order valence-electron chi connectivity index (χ4n) is 3.12. The second kappa shape index (κ2) is 11.2. The number of para-hydroxylation sites is 2. The van der Waals surface area contributed by atoms with Gasteiger partial charge in [-0.3, -0.25) is 9.59 Å². The highest BCUT2D eigenvalue weighted by molar-refractivity contribution is 5.98. The zero-order chi connectivity index (χ0) is 21.2. The van der Waals surface area contributed by atoms with Gasteiger partial charge >= 0.3 is 0 Å². The first-order valence-corrected chi connectivity index (χ1v) is 10.4. The van der Waals surface area contributed by atoms with E-state index < -0.39 is 0 Å². The van der Waals surface area contributed by atoms with Crippen LogP contribution in [0, 0.1) is 0 Å². The summed E-state index contributed by atoms with van der Waals surface area (Å²) < 4.78 is 11.1. The number of anilines is 2. The third-order valence-electron chi connectivity index (χ3n) is 4.77. The number of carbonyl (C=O) groups excluding carboxylic acids is 2. The summed E-state index contributed by atoms with van der Waals surface area (Å²) in [5, 5.41) is 5.97. The normalized spacial score (nSPS) is 13.6. The number of ether oxygens (including phenoxy) is 2. The minimum absolute atomic E-state index is 0.0503. The van der Waals surface area contributed by atoms with Gasteiger partial charge in [-0.1, -0.05) is 31.5 Å². The molecule has 0 spiro atoms. The first-order chi connectivity index (χ1) is 14.7. The number of unbranched alkanes of at least 4 members (excludes halogenated alkanes) is 1. The Labute approximate surface area is 177 Å². The molecule has 0 aliphatic carbocycles. The van der Waals surface area contributed by atoms with E-state index in [1.165, 1.54) is 0 Å². The Morgan fingerprint density at radius 3 is 2.70 bits per heavy atom. The summed E-state index contributed by atoms with van der Waals surface area (Å²) in [7, 11) is 0. The molecular formula is C23H29N3O4. The number of carbonyl (C=O) groups is 2. The number of hydrogen-bond acceptors (Lipinski definition) is 5. The SMILES string of the molecule is CCCCOc1ccccc1NCC(=O)Nc1cccc(C(=O)N2CCOCC2)c1. The van der Waals surface area contributed by atoms with E-state index in [-0.39, 0.29) is 18.4 Å². The van der Waals surface area contributed by atoms with Crippen LogP contribution in [0.25, 0.3) is 0 Å². The van der Waals surface area contributed by atoms with Crippen molar-refractivity contribution < 1.29 is 19.1 Å². The van der Waals surface area contributed by atoms with Crippen LogP contribution in [0.5, 0.6) is 5.75 Å². The quantitative estimate of drug-likeness (QED) is 0.619. The number of amides is 2. The zero-order valence-electron chi connectivity index (χ0n) is 17.4. The van der Waals surface area contributed by atoms with E-state index in [2.05, 4.69) is 17.6 Å². The summed E-state index contributed by atoms with van der Waals surface area (Å²) in [6, 6.07) is 14.6. The van der Waals surface area contributed by atoms with Gasteiger partial charge in [-0.05, 0) is 36.8 Å². The lowest BCUT2D eigenvalue weighted by molar-refractivity contribution is -0.114. The summed E-state index contributed by atoms with van der Waals surface area (Å²) >= 11 is 0. The summed E-state index contributed by atoms with van der Waals surface area (Å²) in [6.45, 7) is 5.12. The van der Waals surface area contributed by atoms with Crippen molar-refractivity contribution in [3.63, 3.8) is 0 Å². The van der Waals surface area contributed by atoms with Crippen molar-refractivity contribution in [2.75, 3.05) is 50.1 Å². The van der Waals surface area contributed by atoms with Gasteiger partial charge in [0.15, 0.2) is 0 Å². The Morgan fingerprint density at radius 2 is 1.90 bits per heavy atom. The molecule has 2 aromatic rings. The van der Waals surface area contributed by atoms with Crippen molar-refractivity contribution in [3.05, 3.63) is 54.1 Å². The van der Waals surface area contributed by atoms with Gasteiger partial charge in [-0.25, -0.2) is 0 Å². The molecule has 0 unspecified atom stereocenters. The van der Waals surface area contributed by atoms with E-state index in [1.807, 2.05) is 24.3 Å². The Kier molecular flexibility index (Phi) is 8.09. The Bertz CT molecular complexity index is 850. The molecular weight excluding hydrogens is 382 g/mol. The Morgan fingerprint density at radius 1 is 1.10 bits per heavy atom. The summed E-state index contributed by atoms with van der Waals surface area (Å²) in [6.07, 6.45) is 2.04. The van der Waals surface area contributed by atoms with Crippen LogP contribution in [-0.2, 0) is 9.53 Å². The molecule has 1 aliphatic rings. The van der Waals surface area contributed by atoms with E-state index in [9.17, 15) is 9.59 Å². The molecule has 0 aromatic heterocycles. The van der Waals surface area contributed by atoms with Crippen molar-refractivity contribution in [2.24, 2.45) is 0 Å². The van der Waals surface area contributed by atoms with Crippen LogP contribution >= 0.6 is 0 Å². The third kappa shape index (κ3) is 6.22. The maximum Gasteiger partial charge on any atom is 0.254 e. The molecule has 7 nitrogen and oxygen atoms in total. The number of rotatable bonds is 9. The van der Waals surface area contributed by atoms with Crippen LogP contribution in [-0.4, -0.2) is 56.2 Å². The van der Waals surface area contributed by atoms with Gasteiger partial charge in [0, 0.05) is 24.3 Å². The second-order valence-electron chi connectivity index (χ2n) is 7.09. The molecule has 0 radical (unpaired) electrons. The highest BCUT2D eigenvalue weighted by atomic mass is 16.5. The van der Waals surface area contributed by atoms with Crippen molar-refractivity contribution in [3.8, 4) is 5.75 Å². The van der Waals surface area contributed by atoms with Crippen molar-refractivity contribution >= 4 is 23.2 Å². The smallest absolute Gasteiger partial charge is 0.254 e. The van der Waals surface area contributed by atoms with Gasteiger partial charge < -0.3 is 25.0 Å². The lowest BCUT2D eigenvalue weighted by Gasteiger charge is -2.27. The Hall–Kier alpha value is -3.06. The first kappa shape index (κ1) is 21.6. The average molecular weight is 412 g/mol. The highest BCUT2D eigenvalue weighted by Crippen LogP contribution is 2.23. The molecule has 0 saturated carbocycles. The number of hydrogen-bond donors (Lipinski definition) is 2. The molecule has 0 bridgehead atoms. The molecule has 160 valence electrons. The fourth-order valence-corrected chi connectivity index (χ4v) is 3.12. The minimum Gasteiger partial charge on any atom is -0.491 e. The van der Waals surface area contributed by atoms with E-state index in [0.717, 1.165) is 24.3 Å². The molecule has 0 atom stereocenters. The summed E-state index contributed by atoms with van der Waals surface area (Å²) in [4.78, 5) is 26.8. The number of benzene rings is 2. The Balaban J connectivity index is 1.55. The lowest BCUT2D eigenvalue weighted by Crippen LogP contribution is -2.40. The monoisotopic (exact) mass is 411 g/mol. The standard InChI is InChI=1S/C23H29N3O4/c1-2-3-13-30-21-10-5-4-9-20(21)24-17-22(27)25-19-8-6-7-18(16-19)23(28)26-11-14-29-15-12-26/h4-10,16,24H,2-3,11-15,17H2,1H3,(H,25,27). The highest BCUT2D eigenvalue weighted by Gasteiger charge is 2.18. The molecule has 1 aliphatic heterocycles. The van der Waals surface area contributed by atoms with Gasteiger partial charge in [0.25, 0.3) is 5.91 Å². The maximum absolute atomic E-state index is 12.6. The zero-order valence-corrected chi connectivity index (χ0v) is 17.4. The predicted octanol–water partition coefficient (Wildman–Crippen LogP) is 3.39. The van der Waals surface area contributed by atoms with Crippen LogP contribution in [0.3, 0.4) is 0 Å². The molecule has 30 heavy (non-hydrogen) atoms. The van der Waals surface area contributed by atoms with E-state index in [1.54, 1.807) is 29.2 Å². The molecule has 7 heteroatoms. The van der Waals surface area contributed by atoms with Crippen molar-refractivity contribution in [1.29, 1.82) is 0 Å². The molecule has 2 amide bonds. The molecule has 2 N–H and O–H groups in total. The van der Waals surface area contributed by atoms with Crippen LogP contribution in [0.1, 0.15) is 30.1 Å². The third-order valence-corrected chi connectivity index (χ3v) is 4.77. The van der Waals surface area contributed by atoms with Gasteiger partial charge in [-0.15, -0.1) is 0 Å². The molecule has 1 fully saturated rings. The van der Waals surface area contributed by atoms with Crippen LogP contribution in [0.4, 0.5) is 11.4 Å².